The lowest BCUT2D eigenvalue weighted by Gasteiger charge is -2.13. The molecule has 0 aliphatic rings. The normalized spacial score (nSPS) is 10.1. The number of carbonyl (C=O) groups excluding carboxylic acids is 2. The van der Waals surface area contributed by atoms with Gasteiger partial charge in [-0.2, -0.15) is 0 Å². The van der Waals surface area contributed by atoms with Crippen LogP contribution in [0.25, 0.3) is 0 Å². The van der Waals surface area contributed by atoms with Crippen molar-refractivity contribution >= 4 is 28.9 Å². The highest BCUT2D eigenvalue weighted by Crippen LogP contribution is 2.21. The Kier molecular flexibility index (Phi) is 5.84. The first-order chi connectivity index (χ1) is 13.1. The van der Waals surface area contributed by atoms with Crippen molar-refractivity contribution < 1.29 is 9.59 Å². The summed E-state index contributed by atoms with van der Waals surface area (Å²) in [7, 11) is 0. The molecule has 5 nitrogen and oxygen atoms in total. The van der Waals surface area contributed by atoms with Gasteiger partial charge in [-0.25, -0.2) is 0 Å². The van der Waals surface area contributed by atoms with Crippen LogP contribution in [-0.2, 0) is 11.3 Å². The van der Waals surface area contributed by atoms with Crippen molar-refractivity contribution in [2.45, 2.75) is 13.5 Å². The standard InChI is InChI=1S/C22H21N3O2/c1-16(26)24-19-11-7-8-17(14-19)15-23-22(27)20-12-5-6-13-21(20)25-18-9-3-2-4-10-18/h2-14,25H,15H2,1H3,(H,23,27)(H,24,26). The van der Waals surface area contributed by atoms with Crippen LogP contribution in [-0.4, -0.2) is 11.8 Å². The number of hydrogen-bond acceptors (Lipinski definition) is 3. The third-order valence-corrected chi connectivity index (χ3v) is 3.92. The number of rotatable bonds is 6. The Morgan fingerprint density at radius 3 is 2.30 bits per heavy atom. The van der Waals surface area contributed by atoms with Crippen LogP contribution in [0.15, 0.2) is 78.9 Å². The molecule has 0 heterocycles. The number of carbonyl (C=O) groups is 2. The molecule has 3 aromatic carbocycles. The molecule has 3 rings (SSSR count). The van der Waals surface area contributed by atoms with Gasteiger partial charge in [0.2, 0.25) is 5.91 Å². The number of benzene rings is 3. The maximum atomic E-state index is 12.7. The molecule has 3 N–H and O–H groups in total. The lowest BCUT2D eigenvalue weighted by molar-refractivity contribution is -0.114. The van der Waals surface area contributed by atoms with E-state index in [1.807, 2.05) is 72.8 Å². The summed E-state index contributed by atoms with van der Waals surface area (Å²) in [5.41, 5.74) is 3.84. The van der Waals surface area contributed by atoms with Crippen LogP contribution < -0.4 is 16.0 Å². The van der Waals surface area contributed by atoms with Gasteiger partial charge in [0.15, 0.2) is 0 Å². The second-order valence-corrected chi connectivity index (χ2v) is 6.10. The van der Waals surface area contributed by atoms with Crippen molar-refractivity contribution in [3.8, 4) is 0 Å². The molecule has 0 fully saturated rings. The van der Waals surface area contributed by atoms with E-state index in [9.17, 15) is 9.59 Å². The van der Waals surface area contributed by atoms with Crippen LogP contribution in [0.4, 0.5) is 17.1 Å². The van der Waals surface area contributed by atoms with Crippen LogP contribution in [0.1, 0.15) is 22.8 Å². The molecule has 0 atom stereocenters. The van der Waals surface area contributed by atoms with Gasteiger partial charge >= 0.3 is 0 Å². The Hall–Kier alpha value is -3.60. The highest BCUT2D eigenvalue weighted by Gasteiger charge is 2.11. The summed E-state index contributed by atoms with van der Waals surface area (Å²) in [4.78, 5) is 23.8. The molecule has 27 heavy (non-hydrogen) atoms. The summed E-state index contributed by atoms with van der Waals surface area (Å²) in [6.45, 7) is 1.83. The molecule has 0 bridgehead atoms. The molecule has 0 saturated carbocycles. The lowest BCUT2D eigenvalue weighted by atomic mass is 10.1. The Morgan fingerprint density at radius 2 is 1.52 bits per heavy atom. The van der Waals surface area contributed by atoms with E-state index in [2.05, 4.69) is 16.0 Å². The van der Waals surface area contributed by atoms with Gasteiger partial charge in [0.05, 0.1) is 11.3 Å². The first kappa shape index (κ1) is 18.2. The van der Waals surface area contributed by atoms with Crippen LogP contribution in [0.3, 0.4) is 0 Å². The van der Waals surface area contributed by atoms with Crippen LogP contribution in [0.2, 0.25) is 0 Å². The molecule has 0 radical (unpaired) electrons. The van der Waals surface area contributed by atoms with E-state index in [0.29, 0.717) is 17.8 Å². The van der Waals surface area contributed by atoms with Crippen LogP contribution in [0, 0.1) is 0 Å². The van der Waals surface area contributed by atoms with Crippen molar-refractivity contribution in [3.05, 3.63) is 90.0 Å². The first-order valence-corrected chi connectivity index (χ1v) is 8.67. The third kappa shape index (κ3) is 5.19. The predicted molar refractivity (Wildman–Crippen MR) is 108 cm³/mol. The van der Waals surface area contributed by atoms with Crippen molar-refractivity contribution in [3.63, 3.8) is 0 Å². The molecule has 0 spiro atoms. The zero-order valence-electron chi connectivity index (χ0n) is 15.0. The van der Waals surface area contributed by atoms with E-state index in [4.69, 9.17) is 0 Å². The predicted octanol–water partition coefficient (Wildman–Crippen LogP) is 4.32. The topological polar surface area (TPSA) is 70.2 Å². The molecule has 0 saturated heterocycles. The summed E-state index contributed by atoms with van der Waals surface area (Å²) in [6, 6.07) is 24.5. The number of hydrogen-bond donors (Lipinski definition) is 3. The second-order valence-electron chi connectivity index (χ2n) is 6.10. The second kappa shape index (κ2) is 8.67. The molecular weight excluding hydrogens is 338 g/mol. The summed E-state index contributed by atoms with van der Waals surface area (Å²) in [6.07, 6.45) is 0. The van der Waals surface area contributed by atoms with Gasteiger partial charge in [0, 0.05) is 24.8 Å². The van der Waals surface area contributed by atoms with Gasteiger partial charge in [0.1, 0.15) is 0 Å². The van der Waals surface area contributed by atoms with Crippen molar-refractivity contribution in [1.29, 1.82) is 0 Å². The van der Waals surface area contributed by atoms with Crippen molar-refractivity contribution in [2.24, 2.45) is 0 Å². The van der Waals surface area contributed by atoms with E-state index < -0.39 is 0 Å². The fourth-order valence-corrected chi connectivity index (χ4v) is 2.71. The van der Waals surface area contributed by atoms with E-state index in [0.717, 1.165) is 16.9 Å². The van der Waals surface area contributed by atoms with Crippen LogP contribution in [0.5, 0.6) is 0 Å². The maximum absolute atomic E-state index is 12.7. The molecule has 0 aliphatic carbocycles. The van der Waals surface area contributed by atoms with Gasteiger partial charge in [-0.15, -0.1) is 0 Å². The zero-order valence-corrected chi connectivity index (χ0v) is 15.0. The van der Waals surface area contributed by atoms with E-state index in [1.165, 1.54) is 6.92 Å². The minimum Gasteiger partial charge on any atom is -0.355 e. The molecule has 0 aliphatic heterocycles. The Balaban J connectivity index is 1.69. The quantitative estimate of drug-likeness (QED) is 0.614. The Bertz CT molecular complexity index is 939. The highest BCUT2D eigenvalue weighted by atomic mass is 16.2. The van der Waals surface area contributed by atoms with Gasteiger partial charge < -0.3 is 16.0 Å². The highest BCUT2D eigenvalue weighted by molar-refractivity contribution is 6.00. The van der Waals surface area contributed by atoms with Crippen molar-refractivity contribution in [2.75, 3.05) is 10.6 Å². The average Bonchev–Trinajstić information content (AvgIpc) is 2.67. The van der Waals surface area contributed by atoms with Gasteiger partial charge in [-0.1, -0.05) is 42.5 Å². The summed E-state index contributed by atoms with van der Waals surface area (Å²) in [5, 5.41) is 8.94. The van der Waals surface area contributed by atoms with Gasteiger partial charge in [0.25, 0.3) is 5.91 Å². The summed E-state index contributed by atoms with van der Waals surface area (Å²) < 4.78 is 0. The fraction of sp³-hybridized carbons (Fsp3) is 0.0909. The number of nitrogens with one attached hydrogen (secondary N) is 3. The minimum atomic E-state index is -0.168. The Labute approximate surface area is 158 Å². The Morgan fingerprint density at radius 1 is 0.815 bits per heavy atom. The minimum absolute atomic E-state index is 0.128. The molecule has 0 unspecified atom stereocenters. The third-order valence-electron chi connectivity index (χ3n) is 3.92. The molecule has 3 aromatic rings. The molecular formula is C22H21N3O2. The molecule has 0 aromatic heterocycles. The SMILES string of the molecule is CC(=O)Nc1cccc(CNC(=O)c2ccccc2Nc2ccccc2)c1. The van der Waals surface area contributed by atoms with Gasteiger partial charge in [-0.3, -0.25) is 9.59 Å². The average molecular weight is 359 g/mol. The lowest BCUT2D eigenvalue weighted by Crippen LogP contribution is -2.23. The van der Waals surface area contributed by atoms with Crippen molar-refractivity contribution in [1.82, 2.24) is 5.32 Å². The number of amides is 2. The van der Waals surface area contributed by atoms with Gasteiger partial charge in [-0.05, 0) is 42.0 Å². The fourth-order valence-electron chi connectivity index (χ4n) is 2.71. The smallest absolute Gasteiger partial charge is 0.253 e. The van der Waals surface area contributed by atoms with Crippen LogP contribution >= 0.6 is 0 Å². The summed E-state index contributed by atoms with van der Waals surface area (Å²) >= 11 is 0. The molecule has 5 heteroatoms. The summed E-state index contributed by atoms with van der Waals surface area (Å²) in [5.74, 6) is -0.295. The maximum Gasteiger partial charge on any atom is 0.253 e. The van der Waals surface area contributed by atoms with E-state index in [1.54, 1.807) is 6.07 Å². The first-order valence-electron chi connectivity index (χ1n) is 8.67. The molecule has 136 valence electrons. The van der Waals surface area contributed by atoms with E-state index in [-0.39, 0.29) is 11.8 Å². The largest absolute Gasteiger partial charge is 0.355 e. The van der Waals surface area contributed by atoms with E-state index >= 15 is 0 Å². The number of anilines is 3. The monoisotopic (exact) mass is 359 g/mol. The number of para-hydroxylation sites is 2. The zero-order chi connectivity index (χ0) is 19.1. The molecule has 2 amide bonds.